The predicted molar refractivity (Wildman–Crippen MR) is 99.2 cm³/mol. The standard InChI is InChI=1S/C18H29N3O3S/c1-4-11-20(12-5-2)25(23,24)17-8-6-16(7-9-17)18(22)21-13-10-19-14-15(21)3/h6-9,15,19H,4-5,10-14H2,1-3H3/t15-/m0/s1. The first-order chi connectivity index (χ1) is 11.9. The molecule has 1 heterocycles. The summed E-state index contributed by atoms with van der Waals surface area (Å²) in [5.41, 5.74) is 0.533. The van der Waals surface area contributed by atoms with E-state index in [4.69, 9.17) is 0 Å². The van der Waals surface area contributed by atoms with Crippen molar-refractivity contribution >= 4 is 15.9 Å². The van der Waals surface area contributed by atoms with Gasteiger partial charge in [0.15, 0.2) is 0 Å². The minimum absolute atomic E-state index is 0.0445. The van der Waals surface area contributed by atoms with Crippen LogP contribution in [0.1, 0.15) is 44.0 Å². The maximum Gasteiger partial charge on any atom is 0.254 e. The largest absolute Gasteiger partial charge is 0.333 e. The number of carbonyl (C=O) groups excluding carboxylic acids is 1. The third kappa shape index (κ3) is 4.59. The van der Waals surface area contributed by atoms with Crippen LogP contribution in [0.5, 0.6) is 0 Å². The van der Waals surface area contributed by atoms with Crippen molar-refractivity contribution in [1.82, 2.24) is 14.5 Å². The Hall–Kier alpha value is -1.44. The number of hydrogen-bond acceptors (Lipinski definition) is 4. The third-order valence-corrected chi connectivity index (χ3v) is 6.36. The normalized spacial score (nSPS) is 18.6. The van der Waals surface area contributed by atoms with Gasteiger partial charge in [0.2, 0.25) is 10.0 Å². The van der Waals surface area contributed by atoms with E-state index >= 15 is 0 Å². The molecule has 6 nitrogen and oxygen atoms in total. The Balaban J connectivity index is 2.19. The Morgan fingerprint density at radius 3 is 2.32 bits per heavy atom. The van der Waals surface area contributed by atoms with Gasteiger partial charge in [-0.15, -0.1) is 0 Å². The number of nitrogens with one attached hydrogen (secondary N) is 1. The van der Waals surface area contributed by atoms with E-state index in [1.54, 1.807) is 24.3 Å². The first kappa shape index (κ1) is 19.9. The van der Waals surface area contributed by atoms with E-state index in [0.29, 0.717) is 25.2 Å². The van der Waals surface area contributed by atoms with Crippen molar-refractivity contribution in [2.45, 2.75) is 44.6 Å². The molecule has 25 heavy (non-hydrogen) atoms. The molecule has 1 N–H and O–H groups in total. The fourth-order valence-electron chi connectivity index (χ4n) is 3.08. The molecule has 140 valence electrons. The lowest BCUT2D eigenvalue weighted by atomic mass is 10.1. The van der Waals surface area contributed by atoms with Crippen molar-refractivity contribution in [2.75, 3.05) is 32.7 Å². The Kier molecular flexibility index (Phi) is 6.98. The number of carbonyl (C=O) groups is 1. The van der Waals surface area contributed by atoms with E-state index in [0.717, 1.165) is 25.9 Å². The second-order valence-electron chi connectivity index (χ2n) is 6.48. The molecule has 1 saturated heterocycles. The number of amides is 1. The third-order valence-electron chi connectivity index (χ3n) is 4.45. The molecule has 0 aromatic heterocycles. The van der Waals surface area contributed by atoms with E-state index in [2.05, 4.69) is 5.32 Å². The first-order valence-corrected chi connectivity index (χ1v) is 10.5. The van der Waals surface area contributed by atoms with Crippen LogP contribution in [0.4, 0.5) is 0 Å². The summed E-state index contributed by atoms with van der Waals surface area (Å²) in [7, 11) is -3.51. The van der Waals surface area contributed by atoms with Crippen LogP contribution in [0.15, 0.2) is 29.2 Å². The second kappa shape index (κ2) is 8.78. The molecule has 1 aromatic carbocycles. The van der Waals surface area contributed by atoms with Gasteiger partial charge in [-0.3, -0.25) is 4.79 Å². The summed E-state index contributed by atoms with van der Waals surface area (Å²) in [6.07, 6.45) is 1.55. The van der Waals surface area contributed by atoms with Crippen molar-refractivity contribution in [3.8, 4) is 0 Å². The number of nitrogens with zero attached hydrogens (tertiary/aromatic N) is 2. The van der Waals surface area contributed by atoms with Crippen molar-refractivity contribution < 1.29 is 13.2 Å². The maximum absolute atomic E-state index is 12.8. The lowest BCUT2D eigenvalue weighted by molar-refractivity contribution is 0.0655. The lowest BCUT2D eigenvalue weighted by Gasteiger charge is -2.34. The molecule has 1 aliphatic rings. The minimum atomic E-state index is -3.51. The van der Waals surface area contributed by atoms with Crippen LogP contribution in [-0.4, -0.2) is 62.3 Å². The van der Waals surface area contributed by atoms with Gasteiger partial charge >= 0.3 is 0 Å². The van der Waals surface area contributed by atoms with Gasteiger partial charge in [0, 0.05) is 44.3 Å². The smallest absolute Gasteiger partial charge is 0.254 e. The molecule has 0 aliphatic carbocycles. The molecule has 1 aliphatic heterocycles. The molecule has 0 bridgehead atoms. The zero-order valence-corrected chi connectivity index (χ0v) is 16.2. The number of piperazine rings is 1. The van der Waals surface area contributed by atoms with Gasteiger partial charge < -0.3 is 10.2 Å². The van der Waals surface area contributed by atoms with Crippen LogP contribution < -0.4 is 5.32 Å². The summed E-state index contributed by atoms with van der Waals surface area (Å²) in [6, 6.07) is 6.48. The van der Waals surface area contributed by atoms with E-state index in [-0.39, 0.29) is 16.8 Å². The molecule has 2 rings (SSSR count). The summed E-state index contributed by atoms with van der Waals surface area (Å²) in [5, 5.41) is 3.26. The maximum atomic E-state index is 12.8. The molecule has 0 spiro atoms. The topological polar surface area (TPSA) is 69.7 Å². The zero-order chi connectivity index (χ0) is 18.4. The molecule has 0 saturated carbocycles. The summed E-state index contributed by atoms with van der Waals surface area (Å²) >= 11 is 0. The Morgan fingerprint density at radius 2 is 1.80 bits per heavy atom. The average molecular weight is 368 g/mol. The highest BCUT2D eigenvalue weighted by atomic mass is 32.2. The number of rotatable bonds is 7. The molecule has 7 heteroatoms. The van der Waals surface area contributed by atoms with Crippen molar-refractivity contribution in [2.24, 2.45) is 0 Å². The highest BCUT2D eigenvalue weighted by Crippen LogP contribution is 2.19. The van der Waals surface area contributed by atoms with Gasteiger partial charge in [-0.05, 0) is 44.0 Å². The average Bonchev–Trinajstić information content (AvgIpc) is 2.61. The predicted octanol–water partition coefficient (Wildman–Crippen LogP) is 1.93. The van der Waals surface area contributed by atoms with Crippen LogP contribution in [0.3, 0.4) is 0 Å². The van der Waals surface area contributed by atoms with Crippen LogP contribution in [0.25, 0.3) is 0 Å². The van der Waals surface area contributed by atoms with E-state index in [1.165, 1.54) is 4.31 Å². The fourth-order valence-corrected chi connectivity index (χ4v) is 4.70. The SMILES string of the molecule is CCCN(CCC)S(=O)(=O)c1ccc(C(=O)N2CCNC[C@@H]2C)cc1. The Morgan fingerprint density at radius 1 is 1.20 bits per heavy atom. The molecule has 1 amide bonds. The molecule has 1 atom stereocenters. The summed E-state index contributed by atoms with van der Waals surface area (Å²) in [6.45, 7) is 9.19. The first-order valence-electron chi connectivity index (χ1n) is 9.03. The fraction of sp³-hybridized carbons (Fsp3) is 0.611. The van der Waals surface area contributed by atoms with Gasteiger partial charge in [-0.25, -0.2) is 8.42 Å². The molecular formula is C18H29N3O3S. The second-order valence-corrected chi connectivity index (χ2v) is 8.42. The molecule has 1 fully saturated rings. The number of hydrogen-bond donors (Lipinski definition) is 1. The summed E-state index contributed by atoms with van der Waals surface area (Å²) < 4.78 is 27.1. The van der Waals surface area contributed by atoms with Gasteiger partial charge in [-0.1, -0.05) is 13.8 Å². The quantitative estimate of drug-likeness (QED) is 0.799. The summed E-state index contributed by atoms with van der Waals surface area (Å²) in [4.78, 5) is 14.7. The van der Waals surface area contributed by atoms with Crippen LogP contribution >= 0.6 is 0 Å². The van der Waals surface area contributed by atoms with Crippen LogP contribution in [0, 0.1) is 0 Å². The van der Waals surface area contributed by atoms with Crippen molar-refractivity contribution in [3.05, 3.63) is 29.8 Å². The lowest BCUT2D eigenvalue weighted by Crippen LogP contribution is -2.52. The number of sulfonamides is 1. The van der Waals surface area contributed by atoms with Crippen molar-refractivity contribution in [3.63, 3.8) is 0 Å². The van der Waals surface area contributed by atoms with Crippen molar-refractivity contribution in [1.29, 1.82) is 0 Å². The van der Waals surface area contributed by atoms with Gasteiger partial charge in [-0.2, -0.15) is 4.31 Å². The van der Waals surface area contributed by atoms with Crippen LogP contribution in [-0.2, 0) is 10.0 Å². The van der Waals surface area contributed by atoms with E-state index in [9.17, 15) is 13.2 Å². The highest BCUT2D eigenvalue weighted by Gasteiger charge is 2.26. The van der Waals surface area contributed by atoms with Gasteiger partial charge in [0.1, 0.15) is 0 Å². The van der Waals surface area contributed by atoms with Gasteiger partial charge in [0.05, 0.1) is 4.90 Å². The Bertz CT molecular complexity index is 667. The monoisotopic (exact) mass is 367 g/mol. The zero-order valence-electron chi connectivity index (χ0n) is 15.4. The van der Waals surface area contributed by atoms with Gasteiger partial charge in [0.25, 0.3) is 5.91 Å². The summed E-state index contributed by atoms with van der Waals surface area (Å²) in [5.74, 6) is -0.0445. The number of benzene rings is 1. The Labute approximate surface area is 151 Å². The molecule has 0 radical (unpaired) electrons. The van der Waals surface area contributed by atoms with Crippen LogP contribution in [0.2, 0.25) is 0 Å². The molecule has 0 unspecified atom stereocenters. The highest BCUT2D eigenvalue weighted by molar-refractivity contribution is 7.89. The molecule has 1 aromatic rings. The molecular weight excluding hydrogens is 338 g/mol. The van der Waals surface area contributed by atoms with E-state index < -0.39 is 10.0 Å². The van der Waals surface area contributed by atoms with E-state index in [1.807, 2.05) is 25.7 Å². The minimum Gasteiger partial charge on any atom is -0.333 e.